The second-order valence-electron chi connectivity index (χ2n) is 8.17. The molecule has 2 amide bonds. The van der Waals surface area contributed by atoms with Crippen molar-refractivity contribution in [3.05, 3.63) is 71.9 Å². The first-order valence-electron chi connectivity index (χ1n) is 11.7. The van der Waals surface area contributed by atoms with Gasteiger partial charge in [-0.25, -0.2) is 4.98 Å². The number of nitrogens with zero attached hydrogens (tertiary/aromatic N) is 2. The molecule has 0 unspecified atom stereocenters. The van der Waals surface area contributed by atoms with Crippen LogP contribution in [0.1, 0.15) is 29.4 Å². The molecule has 0 atom stereocenters. The third-order valence-electron chi connectivity index (χ3n) is 5.64. The SMILES string of the molecule is CCCNC(=O)C(=O)Nc1ccc(C(=O)/C=C/c2cc(N3CCOCC3)c3ccccc3n2)cc1. The van der Waals surface area contributed by atoms with E-state index in [4.69, 9.17) is 9.72 Å². The Hall–Kier alpha value is -4.04. The van der Waals surface area contributed by atoms with Crippen LogP contribution in [0.2, 0.25) is 0 Å². The summed E-state index contributed by atoms with van der Waals surface area (Å²) < 4.78 is 5.49. The molecule has 0 radical (unpaired) electrons. The average molecular weight is 473 g/mol. The van der Waals surface area contributed by atoms with Gasteiger partial charge in [-0.1, -0.05) is 25.1 Å². The number of pyridine rings is 1. The molecule has 1 fully saturated rings. The highest BCUT2D eigenvalue weighted by atomic mass is 16.5. The summed E-state index contributed by atoms with van der Waals surface area (Å²) >= 11 is 0. The van der Waals surface area contributed by atoms with Crippen molar-refractivity contribution in [2.45, 2.75) is 13.3 Å². The molecule has 2 aromatic carbocycles. The van der Waals surface area contributed by atoms with Crippen LogP contribution in [0.15, 0.2) is 60.7 Å². The standard InChI is InChI=1S/C27H28N4O4/c1-2-13-28-26(33)27(34)30-20-9-7-19(8-10-20)25(32)12-11-21-18-24(31-14-16-35-17-15-31)22-5-3-4-6-23(22)29-21/h3-12,18H,2,13-17H2,1H3,(H,28,33)(H,30,34)/b12-11+. The Bertz CT molecular complexity index is 1250. The first-order chi connectivity index (χ1) is 17.0. The second kappa shape index (κ2) is 11.4. The van der Waals surface area contributed by atoms with E-state index < -0.39 is 11.8 Å². The first kappa shape index (κ1) is 24.1. The molecule has 0 aliphatic carbocycles. The molecule has 180 valence electrons. The lowest BCUT2D eigenvalue weighted by atomic mass is 10.1. The van der Waals surface area contributed by atoms with Gasteiger partial charge in [-0.3, -0.25) is 14.4 Å². The molecular formula is C27H28N4O4. The minimum absolute atomic E-state index is 0.188. The maximum Gasteiger partial charge on any atom is 0.313 e. The van der Waals surface area contributed by atoms with Gasteiger partial charge in [-0.15, -0.1) is 0 Å². The van der Waals surface area contributed by atoms with E-state index in [2.05, 4.69) is 21.6 Å². The lowest BCUT2D eigenvalue weighted by molar-refractivity contribution is -0.136. The Labute approximate surface area is 204 Å². The fourth-order valence-electron chi connectivity index (χ4n) is 3.81. The summed E-state index contributed by atoms with van der Waals surface area (Å²) in [6, 6.07) is 16.4. The normalized spacial score (nSPS) is 13.7. The van der Waals surface area contributed by atoms with E-state index >= 15 is 0 Å². The molecule has 8 heteroatoms. The van der Waals surface area contributed by atoms with Crippen LogP contribution in [0.25, 0.3) is 17.0 Å². The van der Waals surface area contributed by atoms with Gasteiger partial charge in [0.2, 0.25) is 0 Å². The number of para-hydroxylation sites is 1. The molecule has 1 aromatic heterocycles. The van der Waals surface area contributed by atoms with Crippen LogP contribution >= 0.6 is 0 Å². The predicted molar refractivity (Wildman–Crippen MR) is 137 cm³/mol. The maximum atomic E-state index is 12.7. The summed E-state index contributed by atoms with van der Waals surface area (Å²) in [5.74, 6) is -1.61. The minimum Gasteiger partial charge on any atom is -0.378 e. The molecule has 0 bridgehead atoms. The van der Waals surface area contributed by atoms with Crippen molar-refractivity contribution < 1.29 is 19.1 Å². The number of morpholine rings is 1. The van der Waals surface area contributed by atoms with Crippen LogP contribution in [-0.4, -0.2) is 55.4 Å². The zero-order valence-corrected chi connectivity index (χ0v) is 19.6. The van der Waals surface area contributed by atoms with Gasteiger partial charge in [-0.05, 0) is 55.0 Å². The lowest BCUT2D eigenvalue weighted by Crippen LogP contribution is -2.36. The zero-order valence-electron chi connectivity index (χ0n) is 19.6. The number of anilines is 2. The van der Waals surface area contributed by atoms with Crippen molar-refractivity contribution in [3.63, 3.8) is 0 Å². The van der Waals surface area contributed by atoms with Gasteiger partial charge in [0.25, 0.3) is 0 Å². The summed E-state index contributed by atoms with van der Waals surface area (Å²) in [6.45, 7) is 5.31. The molecule has 1 aliphatic rings. The van der Waals surface area contributed by atoms with Gasteiger partial charge in [0.1, 0.15) is 0 Å². The number of ketones is 1. The Morgan fingerprint density at radius 1 is 1.03 bits per heavy atom. The highest BCUT2D eigenvalue weighted by molar-refractivity contribution is 6.39. The monoisotopic (exact) mass is 472 g/mol. The molecule has 2 heterocycles. The number of amides is 2. The highest BCUT2D eigenvalue weighted by Crippen LogP contribution is 2.28. The van der Waals surface area contributed by atoms with E-state index in [-0.39, 0.29) is 5.78 Å². The van der Waals surface area contributed by atoms with E-state index in [1.165, 1.54) is 6.08 Å². The number of carbonyl (C=O) groups excluding carboxylic acids is 3. The molecule has 0 spiro atoms. The third kappa shape index (κ3) is 6.10. The van der Waals surface area contributed by atoms with E-state index in [0.717, 1.165) is 36.1 Å². The van der Waals surface area contributed by atoms with Crippen molar-refractivity contribution >= 4 is 46.0 Å². The Kier molecular flexibility index (Phi) is 7.84. The zero-order chi connectivity index (χ0) is 24.6. The van der Waals surface area contributed by atoms with Gasteiger partial charge in [0.05, 0.1) is 24.4 Å². The van der Waals surface area contributed by atoms with Crippen LogP contribution in [0, 0.1) is 0 Å². The van der Waals surface area contributed by atoms with Gasteiger partial charge in [0, 0.05) is 42.0 Å². The molecule has 1 saturated heterocycles. The minimum atomic E-state index is -0.740. The smallest absolute Gasteiger partial charge is 0.313 e. The van der Waals surface area contributed by atoms with Crippen LogP contribution < -0.4 is 15.5 Å². The molecular weight excluding hydrogens is 444 g/mol. The maximum absolute atomic E-state index is 12.7. The number of benzene rings is 2. The molecule has 3 aromatic rings. The Morgan fingerprint density at radius 2 is 1.77 bits per heavy atom. The molecule has 4 rings (SSSR count). The highest BCUT2D eigenvalue weighted by Gasteiger charge is 2.16. The number of nitrogens with one attached hydrogen (secondary N) is 2. The number of aromatic nitrogens is 1. The summed E-state index contributed by atoms with van der Waals surface area (Å²) in [5, 5.41) is 6.11. The van der Waals surface area contributed by atoms with E-state index in [1.807, 2.05) is 31.2 Å². The summed E-state index contributed by atoms with van der Waals surface area (Å²) in [5.41, 5.74) is 3.54. The Balaban J connectivity index is 1.47. The number of rotatable bonds is 7. The quantitative estimate of drug-likeness (QED) is 0.310. The number of hydrogen-bond donors (Lipinski definition) is 2. The molecule has 35 heavy (non-hydrogen) atoms. The van der Waals surface area contributed by atoms with Gasteiger partial charge in [-0.2, -0.15) is 0 Å². The first-order valence-corrected chi connectivity index (χ1v) is 11.7. The van der Waals surface area contributed by atoms with E-state index in [0.29, 0.717) is 36.7 Å². The topological polar surface area (TPSA) is 101 Å². The Morgan fingerprint density at radius 3 is 2.51 bits per heavy atom. The van der Waals surface area contributed by atoms with Gasteiger partial charge >= 0.3 is 11.8 Å². The van der Waals surface area contributed by atoms with Gasteiger partial charge < -0.3 is 20.3 Å². The van der Waals surface area contributed by atoms with Crippen LogP contribution in [0.4, 0.5) is 11.4 Å². The van der Waals surface area contributed by atoms with Crippen LogP contribution in [-0.2, 0) is 14.3 Å². The number of allylic oxidation sites excluding steroid dienone is 1. The summed E-state index contributed by atoms with van der Waals surface area (Å²) in [4.78, 5) is 43.3. The number of carbonyl (C=O) groups is 3. The lowest BCUT2D eigenvalue weighted by Gasteiger charge is -2.30. The summed E-state index contributed by atoms with van der Waals surface area (Å²) in [6.07, 6.45) is 3.95. The number of ether oxygens (including phenoxy) is 1. The third-order valence-corrected chi connectivity index (χ3v) is 5.64. The van der Waals surface area contributed by atoms with Crippen molar-refractivity contribution in [2.75, 3.05) is 43.1 Å². The second-order valence-corrected chi connectivity index (χ2v) is 8.17. The van der Waals surface area contributed by atoms with E-state index in [9.17, 15) is 14.4 Å². The average Bonchev–Trinajstić information content (AvgIpc) is 2.90. The van der Waals surface area contributed by atoms with Crippen molar-refractivity contribution in [2.24, 2.45) is 0 Å². The van der Waals surface area contributed by atoms with Crippen molar-refractivity contribution in [1.29, 1.82) is 0 Å². The van der Waals surface area contributed by atoms with Crippen molar-refractivity contribution in [3.8, 4) is 0 Å². The molecule has 0 saturated carbocycles. The fraction of sp³-hybridized carbons (Fsp3) is 0.259. The largest absolute Gasteiger partial charge is 0.378 e. The van der Waals surface area contributed by atoms with Gasteiger partial charge in [0.15, 0.2) is 5.78 Å². The molecule has 8 nitrogen and oxygen atoms in total. The molecule has 2 N–H and O–H groups in total. The van der Waals surface area contributed by atoms with Crippen LogP contribution in [0.5, 0.6) is 0 Å². The summed E-state index contributed by atoms with van der Waals surface area (Å²) in [7, 11) is 0. The predicted octanol–water partition coefficient (Wildman–Crippen LogP) is 3.43. The molecule has 1 aliphatic heterocycles. The number of hydrogen-bond acceptors (Lipinski definition) is 6. The number of fused-ring (bicyclic) bond motifs is 1. The van der Waals surface area contributed by atoms with Crippen molar-refractivity contribution in [1.82, 2.24) is 10.3 Å². The van der Waals surface area contributed by atoms with E-state index in [1.54, 1.807) is 30.3 Å². The van der Waals surface area contributed by atoms with Crippen LogP contribution in [0.3, 0.4) is 0 Å². The fourth-order valence-corrected chi connectivity index (χ4v) is 3.81.